The van der Waals surface area contributed by atoms with Crippen molar-refractivity contribution in [3.8, 4) is 11.5 Å². The highest BCUT2D eigenvalue weighted by Crippen LogP contribution is 2.36. The van der Waals surface area contributed by atoms with Gasteiger partial charge in [-0.15, -0.1) is 0 Å². The van der Waals surface area contributed by atoms with Crippen molar-refractivity contribution in [3.63, 3.8) is 0 Å². The van der Waals surface area contributed by atoms with E-state index in [4.69, 9.17) is 19.4 Å². The highest BCUT2D eigenvalue weighted by molar-refractivity contribution is 7.51. The summed E-state index contributed by atoms with van der Waals surface area (Å²) in [5.74, 6) is 2.52. The molecule has 180 valence electrons. The molecule has 2 N–H and O–H groups in total. The minimum absolute atomic E-state index is 0.135. The first-order valence-electron chi connectivity index (χ1n) is 10.9. The van der Waals surface area contributed by atoms with Gasteiger partial charge in [0.25, 0.3) is 0 Å². The second-order valence-electron chi connectivity index (χ2n) is 7.97. The second kappa shape index (κ2) is 10.5. The lowest BCUT2D eigenvalue weighted by molar-refractivity contribution is 0.264. The van der Waals surface area contributed by atoms with Crippen molar-refractivity contribution in [2.45, 2.75) is 0 Å². The number of piperazine rings is 1. The minimum atomic E-state index is -4.01. The molecule has 0 aliphatic carbocycles. The number of benzene rings is 1. The van der Waals surface area contributed by atoms with Gasteiger partial charge in [-0.2, -0.15) is 0 Å². The summed E-state index contributed by atoms with van der Waals surface area (Å²) in [7, 11) is -0.827. The number of pyridine rings is 1. The number of methoxy groups -OCH3 is 2. The predicted molar refractivity (Wildman–Crippen MR) is 131 cm³/mol. The van der Waals surface area contributed by atoms with Crippen LogP contribution in [-0.4, -0.2) is 82.7 Å². The van der Waals surface area contributed by atoms with Gasteiger partial charge in [0.05, 0.1) is 25.9 Å². The summed E-state index contributed by atoms with van der Waals surface area (Å²) >= 11 is 0. The maximum absolute atomic E-state index is 11.2. The number of hydrogen-bond donors (Lipinski definition) is 2. The van der Waals surface area contributed by atoms with Crippen LogP contribution in [-0.2, 0) is 4.57 Å². The van der Waals surface area contributed by atoms with Gasteiger partial charge in [-0.3, -0.25) is 14.4 Å². The zero-order valence-electron chi connectivity index (χ0n) is 19.2. The predicted octanol–water partition coefficient (Wildman–Crippen LogP) is 2.51. The molecule has 0 saturated carbocycles. The first kappa shape index (κ1) is 24.1. The molecule has 34 heavy (non-hydrogen) atoms. The van der Waals surface area contributed by atoms with Gasteiger partial charge in [-0.05, 0) is 29.8 Å². The maximum atomic E-state index is 11.2. The number of anilines is 1. The number of ether oxygens (including phenoxy) is 2. The van der Waals surface area contributed by atoms with E-state index in [1.165, 1.54) is 0 Å². The van der Waals surface area contributed by atoms with Crippen molar-refractivity contribution in [2.24, 2.45) is 0 Å². The summed E-state index contributed by atoms with van der Waals surface area (Å²) < 4.78 is 22.2. The Morgan fingerprint density at radius 2 is 1.79 bits per heavy atom. The van der Waals surface area contributed by atoms with Crippen molar-refractivity contribution in [3.05, 3.63) is 48.0 Å². The van der Waals surface area contributed by atoms with Crippen LogP contribution in [0.4, 0.5) is 5.82 Å². The molecule has 3 aromatic rings. The minimum Gasteiger partial charge on any atom is -0.493 e. The average molecular weight is 485 g/mol. The third kappa shape index (κ3) is 5.90. The van der Waals surface area contributed by atoms with Crippen LogP contribution in [0.5, 0.6) is 11.5 Å². The lowest BCUT2D eigenvalue weighted by Gasteiger charge is -2.36. The third-order valence-electron chi connectivity index (χ3n) is 5.69. The van der Waals surface area contributed by atoms with Crippen LogP contribution in [0.15, 0.2) is 36.7 Å². The fraction of sp³-hybridized carbons (Fsp3) is 0.348. The second-order valence-corrected chi connectivity index (χ2v) is 9.74. The highest BCUT2D eigenvalue weighted by Gasteiger charge is 2.23. The largest absolute Gasteiger partial charge is 0.493 e. The van der Waals surface area contributed by atoms with Gasteiger partial charge in [-0.1, -0.05) is 6.07 Å². The van der Waals surface area contributed by atoms with E-state index in [0.29, 0.717) is 50.0 Å². The van der Waals surface area contributed by atoms with Gasteiger partial charge >= 0.3 is 7.60 Å². The van der Waals surface area contributed by atoms with E-state index in [9.17, 15) is 14.4 Å². The summed E-state index contributed by atoms with van der Waals surface area (Å²) in [6.07, 6.45) is 7.12. The van der Waals surface area contributed by atoms with E-state index in [1.54, 1.807) is 26.6 Å². The van der Waals surface area contributed by atoms with E-state index in [-0.39, 0.29) is 6.16 Å². The van der Waals surface area contributed by atoms with Gasteiger partial charge in [0.2, 0.25) is 0 Å². The highest BCUT2D eigenvalue weighted by atomic mass is 31.2. The third-order valence-corrected chi connectivity index (χ3v) is 6.47. The van der Waals surface area contributed by atoms with Crippen molar-refractivity contribution in [1.82, 2.24) is 19.9 Å². The van der Waals surface area contributed by atoms with Gasteiger partial charge < -0.3 is 24.2 Å². The molecule has 1 aliphatic heterocycles. The van der Waals surface area contributed by atoms with Crippen LogP contribution in [0.3, 0.4) is 0 Å². The van der Waals surface area contributed by atoms with Crippen LogP contribution >= 0.6 is 7.60 Å². The smallest absolute Gasteiger partial charge is 0.326 e. The van der Waals surface area contributed by atoms with Crippen molar-refractivity contribution in [2.75, 3.05) is 58.0 Å². The van der Waals surface area contributed by atoms with Crippen LogP contribution < -0.4 is 14.4 Å². The molecule has 0 atom stereocenters. The molecule has 0 bridgehead atoms. The SMILES string of the molecule is COc1cc2nc(/C=C/c3cccnc3)nc(N3CCN(CCP(=O)(O)O)CC3)c2cc1OC. The van der Waals surface area contributed by atoms with Crippen molar-refractivity contribution < 1.29 is 23.8 Å². The molecule has 4 rings (SSSR count). The number of nitrogens with zero attached hydrogens (tertiary/aromatic N) is 5. The Balaban J connectivity index is 1.66. The summed E-state index contributed by atoms with van der Waals surface area (Å²) in [6.45, 7) is 3.08. The first-order valence-corrected chi connectivity index (χ1v) is 12.7. The van der Waals surface area contributed by atoms with Crippen LogP contribution in [0.25, 0.3) is 23.1 Å². The van der Waals surface area contributed by atoms with E-state index in [0.717, 1.165) is 22.3 Å². The number of hydrogen-bond acceptors (Lipinski definition) is 8. The molecule has 10 nitrogen and oxygen atoms in total. The lowest BCUT2D eigenvalue weighted by Crippen LogP contribution is -2.47. The topological polar surface area (TPSA) is 121 Å². The van der Waals surface area contributed by atoms with Crippen LogP contribution in [0, 0.1) is 0 Å². The van der Waals surface area contributed by atoms with Gasteiger partial charge in [0.1, 0.15) is 5.82 Å². The summed E-state index contributed by atoms with van der Waals surface area (Å²) in [4.78, 5) is 36.3. The Morgan fingerprint density at radius 1 is 1.06 bits per heavy atom. The molecule has 1 fully saturated rings. The van der Waals surface area contributed by atoms with Crippen molar-refractivity contribution in [1.29, 1.82) is 0 Å². The molecule has 0 spiro atoms. The molecule has 1 aliphatic rings. The standard InChI is InChI=1S/C23H28N5O5P/c1-32-20-14-18-19(15-21(20)33-2)25-22(6-5-17-4-3-7-24-16-17)26-23(18)28-10-8-27(9-11-28)12-13-34(29,30)31/h3-7,14-16H,8-13H2,1-2H3,(H2,29,30,31)/b6-5+. The molecule has 11 heteroatoms. The van der Waals surface area contributed by atoms with Crippen LogP contribution in [0.1, 0.15) is 11.4 Å². The van der Waals surface area contributed by atoms with Gasteiger partial charge in [0, 0.05) is 56.6 Å². The lowest BCUT2D eigenvalue weighted by atomic mass is 10.1. The van der Waals surface area contributed by atoms with E-state index >= 15 is 0 Å². The Kier molecular flexibility index (Phi) is 7.43. The average Bonchev–Trinajstić information content (AvgIpc) is 2.85. The quantitative estimate of drug-likeness (QED) is 0.460. The van der Waals surface area contributed by atoms with Crippen LogP contribution in [0.2, 0.25) is 0 Å². The van der Waals surface area contributed by atoms with Crippen molar-refractivity contribution >= 4 is 36.5 Å². The molecular formula is C23H28N5O5P. The monoisotopic (exact) mass is 485 g/mol. The zero-order chi connectivity index (χ0) is 24.1. The molecule has 0 unspecified atom stereocenters. The zero-order valence-corrected chi connectivity index (χ0v) is 20.1. The summed E-state index contributed by atoms with van der Waals surface area (Å²) in [6, 6.07) is 7.56. The Morgan fingerprint density at radius 3 is 2.44 bits per heavy atom. The van der Waals surface area contributed by atoms with Gasteiger partial charge in [-0.25, -0.2) is 9.97 Å². The summed E-state index contributed by atoms with van der Waals surface area (Å²) in [5.41, 5.74) is 1.68. The normalized spacial score (nSPS) is 15.2. The van der Waals surface area contributed by atoms with Gasteiger partial charge in [0.15, 0.2) is 17.3 Å². The fourth-order valence-electron chi connectivity index (χ4n) is 3.87. The fourth-order valence-corrected chi connectivity index (χ4v) is 4.42. The Hall–Kier alpha value is -3.04. The molecular weight excluding hydrogens is 457 g/mol. The number of fused-ring (bicyclic) bond motifs is 1. The molecule has 1 aromatic carbocycles. The van der Waals surface area contributed by atoms with E-state index in [2.05, 4.69) is 14.8 Å². The number of aromatic nitrogens is 3. The Bertz CT molecular complexity index is 1210. The molecule has 0 amide bonds. The van der Waals surface area contributed by atoms with E-state index < -0.39 is 7.60 Å². The Labute approximate surface area is 198 Å². The maximum Gasteiger partial charge on any atom is 0.326 e. The molecule has 0 radical (unpaired) electrons. The molecule has 2 aromatic heterocycles. The molecule has 1 saturated heterocycles. The van der Waals surface area contributed by atoms with E-state index in [1.807, 2.05) is 36.4 Å². The number of rotatable bonds is 8. The summed E-state index contributed by atoms with van der Waals surface area (Å²) in [5, 5.41) is 0.847. The molecule has 3 heterocycles. The first-order chi connectivity index (χ1) is 16.4.